The Morgan fingerprint density at radius 2 is 1.11 bits per heavy atom. The molecule has 0 aromatic carbocycles. The fraction of sp³-hybridized carbons (Fsp3) is 0.932. The maximum atomic E-state index is 13.0. The maximum absolute atomic E-state index is 13.0. The molecule has 338 valence electrons. The van der Waals surface area contributed by atoms with Crippen LogP contribution in [0, 0.1) is 0 Å². The highest BCUT2D eigenvalue weighted by atomic mass is 32.3. The lowest BCUT2D eigenvalue weighted by Crippen LogP contribution is -2.61. The summed E-state index contributed by atoms with van der Waals surface area (Å²) in [6.45, 7) is 3.38. The Balaban J connectivity index is 2.51. The second-order valence-corrected chi connectivity index (χ2v) is 17.4. The first-order valence-electron chi connectivity index (χ1n) is 23.1. The molecule has 0 aliphatic carbocycles. The molecule has 1 aliphatic rings. The van der Waals surface area contributed by atoms with Gasteiger partial charge in [-0.25, -0.2) is 4.18 Å². The van der Waals surface area contributed by atoms with Crippen LogP contribution in [0.3, 0.4) is 0 Å². The van der Waals surface area contributed by atoms with E-state index in [1.54, 1.807) is 6.08 Å². The standard InChI is InChI=1S/C44H85NO11S/c1-3-5-7-9-11-13-15-17-18-19-20-22-24-26-28-30-32-34-40(48)45-37(38(47)33-31-29-27-25-23-21-16-14-12-10-8-6-4-2)36-54-44-42(50)43(56-57(51,52)53)41(49)39(35-46)55-44/h31,33,37-39,41-44,46-47,49-50H,3-30,32,34-36H2,1-2H3,(H,45,48)(H,51,52,53)/b33-31+/t37-,38+,39+,41-,42+,43-,44+/m0/s1. The van der Waals surface area contributed by atoms with Gasteiger partial charge in [0.25, 0.3) is 0 Å². The number of ether oxygens (including phenoxy) is 2. The number of rotatable bonds is 39. The van der Waals surface area contributed by atoms with Gasteiger partial charge in [-0.2, -0.15) is 8.42 Å². The van der Waals surface area contributed by atoms with Crippen molar-refractivity contribution in [3.8, 4) is 0 Å². The topological polar surface area (TPSA) is 192 Å². The smallest absolute Gasteiger partial charge is 0.394 e. The zero-order valence-electron chi connectivity index (χ0n) is 35.9. The van der Waals surface area contributed by atoms with Crippen molar-refractivity contribution in [2.24, 2.45) is 0 Å². The van der Waals surface area contributed by atoms with Crippen LogP contribution in [0.15, 0.2) is 12.2 Å². The SMILES string of the molecule is CCCCCCCCCCCCC/C=C/[C@@H](O)[C@H](CO[C@@H]1O[C@H](CO)[C@H](O)[C@H](OS(=O)(=O)O)[C@H]1O)NC(=O)CCCCCCCCCCCCCCCCCCC. The summed E-state index contributed by atoms with van der Waals surface area (Å²) >= 11 is 0. The van der Waals surface area contributed by atoms with Crippen LogP contribution in [-0.4, -0.2) is 95.4 Å². The lowest BCUT2D eigenvalue weighted by Gasteiger charge is -2.41. The van der Waals surface area contributed by atoms with Gasteiger partial charge >= 0.3 is 10.4 Å². The number of aliphatic hydroxyl groups excluding tert-OH is 4. The summed E-state index contributed by atoms with van der Waals surface area (Å²) in [4.78, 5) is 13.0. The molecular weight excluding hydrogens is 751 g/mol. The highest BCUT2D eigenvalue weighted by Crippen LogP contribution is 2.26. The number of aliphatic hydroxyl groups is 4. The summed E-state index contributed by atoms with van der Waals surface area (Å²) in [5.74, 6) is -0.260. The van der Waals surface area contributed by atoms with Crippen molar-refractivity contribution in [3.05, 3.63) is 12.2 Å². The van der Waals surface area contributed by atoms with Gasteiger partial charge in [-0.15, -0.1) is 0 Å². The van der Waals surface area contributed by atoms with Crippen LogP contribution in [-0.2, 0) is 28.9 Å². The lowest BCUT2D eigenvalue weighted by atomic mass is 9.99. The average molecular weight is 836 g/mol. The van der Waals surface area contributed by atoms with Crippen molar-refractivity contribution in [3.63, 3.8) is 0 Å². The monoisotopic (exact) mass is 836 g/mol. The molecule has 0 radical (unpaired) electrons. The molecule has 6 N–H and O–H groups in total. The molecule has 0 saturated carbocycles. The highest BCUT2D eigenvalue weighted by molar-refractivity contribution is 7.80. The highest BCUT2D eigenvalue weighted by Gasteiger charge is 2.48. The molecule has 7 atom stereocenters. The van der Waals surface area contributed by atoms with Crippen LogP contribution in [0.25, 0.3) is 0 Å². The molecule has 0 aromatic rings. The third kappa shape index (κ3) is 28.9. The van der Waals surface area contributed by atoms with E-state index in [9.17, 15) is 33.6 Å². The van der Waals surface area contributed by atoms with Crippen LogP contribution in [0.5, 0.6) is 0 Å². The molecule has 0 unspecified atom stereocenters. The molecular formula is C44H85NO11S. The normalized spacial score (nSPS) is 21.3. The lowest BCUT2D eigenvalue weighted by molar-refractivity contribution is -0.298. The largest absolute Gasteiger partial charge is 0.397 e. The summed E-state index contributed by atoms with van der Waals surface area (Å²) < 4.78 is 47.5. The van der Waals surface area contributed by atoms with Crippen molar-refractivity contribution in [1.29, 1.82) is 0 Å². The predicted molar refractivity (Wildman–Crippen MR) is 227 cm³/mol. The second kappa shape index (κ2) is 35.6. The number of nitrogens with one attached hydrogen (secondary N) is 1. The number of hydrogen-bond donors (Lipinski definition) is 6. The van der Waals surface area contributed by atoms with Gasteiger partial charge in [0, 0.05) is 6.42 Å². The summed E-state index contributed by atoms with van der Waals surface area (Å²) in [6, 6.07) is -0.937. The van der Waals surface area contributed by atoms with E-state index in [1.165, 1.54) is 141 Å². The quantitative estimate of drug-likeness (QED) is 0.0197. The van der Waals surface area contributed by atoms with E-state index < -0.39 is 59.9 Å². The minimum atomic E-state index is -5.08. The molecule has 57 heavy (non-hydrogen) atoms. The third-order valence-corrected chi connectivity index (χ3v) is 11.5. The van der Waals surface area contributed by atoms with Gasteiger partial charge in [0.1, 0.15) is 24.4 Å². The van der Waals surface area contributed by atoms with Gasteiger partial charge < -0.3 is 35.2 Å². The van der Waals surface area contributed by atoms with E-state index in [0.29, 0.717) is 6.42 Å². The number of unbranched alkanes of at least 4 members (excludes halogenated alkanes) is 27. The summed E-state index contributed by atoms with van der Waals surface area (Å²) in [7, 11) is -5.08. The maximum Gasteiger partial charge on any atom is 0.397 e. The Morgan fingerprint density at radius 3 is 1.53 bits per heavy atom. The second-order valence-electron chi connectivity index (χ2n) is 16.4. The average Bonchev–Trinajstić information content (AvgIpc) is 3.18. The molecule has 1 saturated heterocycles. The summed E-state index contributed by atoms with van der Waals surface area (Å²) in [5, 5.41) is 44.6. The molecule has 1 aliphatic heterocycles. The van der Waals surface area contributed by atoms with Crippen LogP contribution in [0.2, 0.25) is 0 Å². The van der Waals surface area contributed by atoms with Gasteiger partial charge in [0.2, 0.25) is 5.91 Å². The van der Waals surface area contributed by atoms with Gasteiger partial charge in [-0.3, -0.25) is 9.35 Å². The first-order valence-corrected chi connectivity index (χ1v) is 24.4. The molecule has 1 heterocycles. The van der Waals surface area contributed by atoms with Crippen molar-refractivity contribution in [2.75, 3.05) is 13.2 Å². The fourth-order valence-electron chi connectivity index (χ4n) is 7.45. The van der Waals surface area contributed by atoms with Crippen LogP contribution >= 0.6 is 0 Å². The van der Waals surface area contributed by atoms with Crippen LogP contribution < -0.4 is 5.32 Å². The molecule has 0 bridgehead atoms. The van der Waals surface area contributed by atoms with Gasteiger partial charge in [-0.05, 0) is 19.3 Å². The van der Waals surface area contributed by atoms with E-state index in [4.69, 9.17) is 14.0 Å². The number of hydrogen-bond acceptors (Lipinski definition) is 10. The number of carbonyl (C=O) groups is 1. The molecule has 0 spiro atoms. The van der Waals surface area contributed by atoms with E-state index in [1.807, 2.05) is 6.08 Å². The number of amides is 1. The molecule has 1 rings (SSSR count). The van der Waals surface area contributed by atoms with E-state index in [0.717, 1.165) is 38.5 Å². The Labute approximate surface area is 347 Å². The van der Waals surface area contributed by atoms with E-state index >= 15 is 0 Å². The fourth-order valence-corrected chi connectivity index (χ4v) is 7.96. The first kappa shape index (κ1) is 53.9. The molecule has 13 heteroatoms. The van der Waals surface area contributed by atoms with Crippen molar-refractivity contribution < 1.29 is 51.8 Å². The minimum Gasteiger partial charge on any atom is -0.394 e. The summed E-state index contributed by atoms with van der Waals surface area (Å²) in [5.41, 5.74) is 0. The predicted octanol–water partition coefficient (Wildman–Crippen LogP) is 8.77. The Kier molecular flexibility index (Phi) is 33.6. The molecule has 12 nitrogen and oxygen atoms in total. The third-order valence-electron chi connectivity index (χ3n) is 11.1. The van der Waals surface area contributed by atoms with Gasteiger partial charge in [0.05, 0.1) is 25.4 Å². The van der Waals surface area contributed by atoms with Crippen molar-refractivity contribution in [1.82, 2.24) is 5.32 Å². The van der Waals surface area contributed by atoms with Crippen molar-refractivity contribution >= 4 is 16.3 Å². The molecule has 0 aromatic heterocycles. The zero-order valence-corrected chi connectivity index (χ0v) is 36.7. The summed E-state index contributed by atoms with van der Waals surface area (Å²) in [6.07, 6.45) is 29.6. The van der Waals surface area contributed by atoms with Gasteiger partial charge in [-0.1, -0.05) is 193 Å². The number of allylic oxidation sites excluding steroid dienone is 1. The van der Waals surface area contributed by atoms with E-state index in [2.05, 4.69) is 23.3 Å². The van der Waals surface area contributed by atoms with E-state index in [-0.39, 0.29) is 18.9 Å². The molecule has 1 fully saturated rings. The number of carbonyl (C=O) groups excluding carboxylic acids is 1. The van der Waals surface area contributed by atoms with Crippen LogP contribution in [0.4, 0.5) is 0 Å². The molecule has 1 amide bonds. The van der Waals surface area contributed by atoms with Gasteiger partial charge in [0.15, 0.2) is 6.29 Å². The van der Waals surface area contributed by atoms with Crippen LogP contribution in [0.1, 0.15) is 206 Å². The van der Waals surface area contributed by atoms with Crippen molar-refractivity contribution in [2.45, 2.75) is 249 Å². The Morgan fingerprint density at radius 1 is 0.684 bits per heavy atom. The minimum absolute atomic E-state index is 0.260. The first-order chi connectivity index (χ1) is 27.5. The Hall–Kier alpha value is -1.16. The Bertz CT molecular complexity index is 1080. The zero-order chi connectivity index (χ0) is 42.0.